The maximum Gasteiger partial charge on any atom is 0.412 e. The van der Waals surface area contributed by atoms with Crippen LogP contribution in [-0.4, -0.2) is 23.7 Å². The van der Waals surface area contributed by atoms with Gasteiger partial charge in [-0.1, -0.05) is 24.3 Å². The van der Waals surface area contributed by atoms with Crippen LogP contribution in [0.1, 0.15) is 11.1 Å². The molecule has 2 nitrogen and oxygen atoms in total. The van der Waals surface area contributed by atoms with E-state index in [0.717, 1.165) is 11.6 Å². The Bertz CT molecular complexity index is 550. The number of alkyl halides is 3. The molecular formula is C15H13F3N2. The summed E-state index contributed by atoms with van der Waals surface area (Å²) in [4.78, 5) is 1.28. The van der Waals surface area contributed by atoms with Crippen LogP contribution in [0.2, 0.25) is 0 Å². The lowest BCUT2D eigenvalue weighted by Gasteiger charge is -2.31. The quantitative estimate of drug-likeness (QED) is 0.847. The van der Waals surface area contributed by atoms with Gasteiger partial charge in [0.1, 0.15) is 6.04 Å². The Morgan fingerprint density at radius 2 is 1.85 bits per heavy atom. The average Bonchev–Trinajstić information content (AvgIpc) is 2.45. The molecule has 1 unspecified atom stereocenters. The Labute approximate surface area is 115 Å². The van der Waals surface area contributed by atoms with E-state index in [4.69, 9.17) is 5.26 Å². The molecule has 0 saturated carbocycles. The number of halogens is 3. The van der Waals surface area contributed by atoms with E-state index in [-0.39, 0.29) is 6.54 Å². The Kier molecular flexibility index (Phi) is 4.14. The molecule has 0 saturated heterocycles. The summed E-state index contributed by atoms with van der Waals surface area (Å²) in [5, 5.41) is 8.69. The summed E-state index contributed by atoms with van der Waals surface area (Å²) in [7, 11) is 0. The highest BCUT2D eigenvalue weighted by atomic mass is 19.4. The van der Waals surface area contributed by atoms with Gasteiger partial charge in [-0.05, 0) is 36.4 Å². The third kappa shape index (κ3) is 3.41. The van der Waals surface area contributed by atoms with Gasteiger partial charge in [-0.25, -0.2) is 0 Å². The standard InChI is InChI=1S/C15H13F3N2/c16-15(17,18)14-3-1-2-9-20(14)10-8-12-4-6-13(11-19)7-5-12/h1-7,9,14H,8,10H2. The van der Waals surface area contributed by atoms with Crippen molar-refractivity contribution in [1.29, 1.82) is 5.26 Å². The second-order valence-electron chi connectivity index (χ2n) is 4.51. The van der Waals surface area contributed by atoms with Crippen molar-refractivity contribution in [1.82, 2.24) is 4.90 Å². The molecule has 2 rings (SSSR count). The minimum Gasteiger partial charge on any atom is -0.362 e. The smallest absolute Gasteiger partial charge is 0.362 e. The molecule has 20 heavy (non-hydrogen) atoms. The van der Waals surface area contributed by atoms with Crippen LogP contribution >= 0.6 is 0 Å². The zero-order valence-corrected chi connectivity index (χ0v) is 10.6. The fourth-order valence-corrected chi connectivity index (χ4v) is 2.05. The minimum atomic E-state index is -4.27. The molecule has 0 aromatic heterocycles. The first-order chi connectivity index (χ1) is 9.50. The molecule has 1 heterocycles. The Morgan fingerprint density at radius 1 is 1.15 bits per heavy atom. The molecule has 1 atom stereocenters. The van der Waals surface area contributed by atoms with Crippen LogP contribution in [0.5, 0.6) is 0 Å². The molecule has 0 spiro atoms. The zero-order valence-electron chi connectivity index (χ0n) is 10.6. The van der Waals surface area contributed by atoms with Crippen LogP contribution < -0.4 is 0 Å². The number of hydrogen-bond acceptors (Lipinski definition) is 2. The Morgan fingerprint density at radius 3 is 2.45 bits per heavy atom. The second kappa shape index (κ2) is 5.83. The maximum absolute atomic E-state index is 12.9. The second-order valence-corrected chi connectivity index (χ2v) is 4.51. The summed E-state index contributed by atoms with van der Waals surface area (Å²) in [6.07, 6.45) is 1.85. The number of rotatable bonds is 3. The highest BCUT2D eigenvalue weighted by molar-refractivity contribution is 5.31. The molecule has 5 heteroatoms. The van der Waals surface area contributed by atoms with Crippen molar-refractivity contribution in [2.24, 2.45) is 0 Å². The highest BCUT2D eigenvalue weighted by Crippen LogP contribution is 2.28. The zero-order chi connectivity index (χ0) is 14.6. The number of allylic oxidation sites excluding steroid dienone is 2. The van der Waals surface area contributed by atoms with E-state index in [1.165, 1.54) is 17.2 Å². The molecule has 0 radical (unpaired) electrons. The predicted octanol–water partition coefficient (Wildman–Crippen LogP) is 3.42. The lowest BCUT2D eigenvalue weighted by Crippen LogP contribution is -2.43. The number of hydrogen-bond donors (Lipinski definition) is 0. The van der Waals surface area contributed by atoms with E-state index >= 15 is 0 Å². The average molecular weight is 278 g/mol. The molecule has 1 aromatic rings. The van der Waals surface area contributed by atoms with Gasteiger partial charge >= 0.3 is 6.18 Å². The molecule has 0 fully saturated rings. The van der Waals surface area contributed by atoms with E-state index < -0.39 is 12.2 Å². The van der Waals surface area contributed by atoms with Gasteiger partial charge in [0, 0.05) is 6.54 Å². The summed E-state index contributed by atoms with van der Waals surface area (Å²) >= 11 is 0. The summed E-state index contributed by atoms with van der Waals surface area (Å²) in [5.41, 5.74) is 1.45. The van der Waals surface area contributed by atoms with Gasteiger partial charge in [0.15, 0.2) is 0 Å². The molecule has 1 aliphatic rings. The van der Waals surface area contributed by atoms with Crippen LogP contribution in [-0.2, 0) is 6.42 Å². The van der Waals surface area contributed by atoms with Gasteiger partial charge in [-0.15, -0.1) is 0 Å². The summed E-state index contributed by atoms with van der Waals surface area (Å²) in [5.74, 6) is 0. The summed E-state index contributed by atoms with van der Waals surface area (Å²) < 4.78 is 38.6. The van der Waals surface area contributed by atoms with Gasteiger partial charge < -0.3 is 4.90 Å². The molecule has 104 valence electrons. The SMILES string of the molecule is N#Cc1ccc(CCN2C=CC=CC2C(F)(F)F)cc1. The Hall–Kier alpha value is -2.22. The van der Waals surface area contributed by atoms with Gasteiger partial charge in [0.25, 0.3) is 0 Å². The third-order valence-electron chi connectivity index (χ3n) is 3.12. The van der Waals surface area contributed by atoms with Gasteiger partial charge in [-0.3, -0.25) is 0 Å². The minimum absolute atomic E-state index is 0.275. The molecule has 0 amide bonds. The van der Waals surface area contributed by atoms with Crippen LogP contribution in [0.4, 0.5) is 13.2 Å². The first kappa shape index (κ1) is 14.2. The van der Waals surface area contributed by atoms with Crippen molar-refractivity contribution in [2.75, 3.05) is 6.54 Å². The van der Waals surface area contributed by atoms with Gasteiger partial charge in [0.2, 0.25) is 0 Å². The van der Waals surface area contributed by atoms with E-state index in [1.54, 1.807) is 30.3 Å². The van der Waals surface area contributed by atoms with Crippen molar-refractivity contribution in [3.8, 4) is 6.07 Å². The summed E-state index contributed by atoms with van der Waals surface area (Å²) in [6.45, 7) is 0.275. The van der Waals surface area contributed by atoms with Crippen LogP contribution in [0.25, 0.3) is 0 Å². The topological polar surface area (TPSA) is 27.0 Å². The lowest BCUT2D eigenvalue weighted by atomic mass is 10.1. The highest BCUT2D eigenvalue weighted by Gasteiger charge is 2.41. The lowest BCUT2D eigenvalue weighted by molar-refractivity contribution is -0.164. The molecule has 1 aromatic carbocycles. The van der Waals surface area contributed by atoms with Crippen molar-refractivity contribution in [2.45, 2.75) is 18.6 Å². The van der Waals surface area contributed by atoms with Gasteiger partial charge in [0.05, 0.1) is 11.6 Å². The molecule has 1 aliphatic heterocycles. The van der Waals surface area contributed by atoms with Crippen molar-refractivity contribution in [3.63, 3.8) is 0 Å². The van der Waals surface area contributed by atoms with Crippen molar-refractivity contribution < 1.29 is 13.2 Å². The van der Waals surface area contributed by atoms with E-state index in [1.807, 2.05) is 6.07 Å². The molecule has 0 bridgehead atoms. The predicted molar refractivity (Wildman–Crippen MR) is 69.7 cm³/mol. The first-order valence-corrected chi connectivity index (χ1v) is 6.17. The fraction of sp³-hybridized carbons (Fsp3) is 0.267. The van der Waals surface area contributed by atoms with Crippen molar-refractivity contribution >= 4 is 0 Å². The fourth-order valence-electron chi connectivity index (χ4n) is 2.05. The van der Waals surface area contributed by atoms with Crippen LogP contribution in [0.15, 0.2) is 48.7 Å². The monoisotopic (exact) mass is 278 g/mol. The van der Waals surface area contributed by atoms with Crippen molar-refractivity contribution in [3.05, 3.63) is 59.8 Å². The van der Waals surface area contributed by atoms with Gasteiger partial charge in [-0.2, -0.15) is 18.4 Å². The molecule has 0 aliphatic carbocycles. The molecular weight excluding hydrogens is 265 g/mol. The first-order valence-electron chi connectivity index (χ1n) is 6.17. The van der Waals surface area contributed by atoms with E-state index in [2.05, 4.69) is 0 Å². The number of benzene rings is 1. The normalized spacial score (nSPS) is 18.1. The largest absolute Gasteiger partial charge is 0.412 e. The third-order valence-corrected chi connectivity index (χ3v) is 3.12. The number of nitriles is 1. The Balaban J connectivity index is 2.00. The number of nitrogens with zero attached hydrogens (tertiary/aromatic N) is 2. The van der Waals surface area contributed by atoms with E-state index in [0.29, 0.717) is 12.0 Å². The summed E-state index contributed by atoms with van der Waals surface area (Å²) in [6, 6.07) is 7.32. The van der Waals surface area contributed by atoms with Crippen LogP contribution in [0.3, 0.4) is 0 Å². The molecule has 0 N–H and O–H groups in total. The van der Waals surface area contributed by atoms with E-state index in [9.17, 15) is 13.2 Å². The maximum atomic E-state index is 12.9. The van der Waals surface area contributed by atoms with Crippen LogP contribution in [0, 0.1) is 11.3 Å².